The number of ether oxygens (including phenoxy) is 1. The molecule has 1 saturated carbocycles. The summed E-state index contributed by atoms with van der Waals surface area (Å²) in [5, 5.41) is 5.72. The van der Waals surface area contributed by atoms with Crippen LogP contribution in [0.5, 0.6) is 0 Å². The topological polar surface area (TPSA) is 67.4 Å². The van der Waals surface area contributed by atoms with Crippen molar-refractivity contribution in [2.75, 3.05) is 11.9 Å². The predicted molar refractivity (Wildman–Crippen MR) is 90.3 cm³/mol. The Labute approximate surface area is 137 Å². The Balaban J connectivity index is 1.84. The van der Waals surface area contributed by atoms with E-state index in [1.165, 1.54) is 25.3 Å². The quantitative estimate of drug-likeness (QED) is 0.790. The zero-order chi connectivity index (χ0) is 16.5. The molecular formula is C18H24N2O3. The molecule has 0 radical (unpaired) electrons. The van der Waals surface area contributed by atoms with Crippen LogP contribution < -0.4 is 10.6 Å². The van der Waals surface area contributed by atoms with Crippen molar-refractivity contribution in [2.24, 2.45) is 0 Å². The van der Waals surface area contributed by atoms with Gasteiger partial charge in [-0.3, -0.25) is 10.1 Å². The van der Waals surface area contributed by atoms with Gasteiger partial charge in [-0.1, -0.05) is 44.1 Å². The summed E-state index contributed by atoms with van der Waals surface area (Å²) >= 11 is 0. The maximum atomic E-state index is 12.1. The lowest BCUT2D eigenvalue weighted by Gasteiger charge is -2.22. The van der Waals surface area contributed by atoms with Gasteiger partial charge in [0.15, 0.2) is 0 Å². The number of rotatable bonds is 6. The summed E-state index contributed by atoms with van der Waals surface area (Å²) in [4.78, 5) is 23.6. The van der Waals surface area contributed by atoms with Gasteiger partial charge < -0.3 is 10.1 Å². The van der Waals surface area contributed by atoms with E-state index in [1.54, 1.807) is 12.1 Å². The van der Waals surface area contributed by atoms with E-state index in [-0.39, 0.29) is 12.5 Å². The molecule has 0 atom stereocenters. The molecule has 0 spiro atoms. The third kappa shape index (κ3) is 6.14. The first-order chi connectivity index (χ1) is 11.2. The van der Waals surface area contributed by atoms with Gasteiger partial charge in [-0.25, -0.2) is 4.79 Å². The molecule has 5 nitrogen and oxygen atoms in total. The van der Waals surface area contributed by atoms with Crippen LogP contribution in [0.2, 0.25) is 0 Å². The Morgan fingerprint density at radius 2 is 2.04 bits per heavy atom. The number of benzene rings is 1. The number of amides is 2. The van der Waals surface area contributed by atoms with Crippen LogP contribution in [0.15, 0.2) is 36.9 Å². The van der Waals surface area contributed by atoms with Gasteiger partial charge in [-0.05, 0) is 30.5 Å². The molecule has 2 N–H and O–H groups in total. The first kappa shape index (κ1) is 17.1. The van der Waals surface area contributed by atoms with E-state index in [0.717, 1.165) is 18.4 Å². The highest BCUT2D eigenvalue weighted by atomic mass is 16.5. The monoisotopic (exact) mass is 316 g/mol. The fraction of sp³-hybridized carbons (Fsp3) is 0.444. The van der Waals surface area contributed by atoms with Crippen LogP contribution in [-0.2, 0) is 16.0 Å². The van der Waals surface area contributed by atoms with Gasteiger partial charge in [-0.2, -0.15) is 0 Å². The van der Waals surface area contributed by atoms with Crippen molar-refractivity contribution < 1.29 is 14.3 Å². The van der Waals surface area contributed by atoms with E-state index in [0.29, 0.717) is 18.2 Å². The minimum atomic E-state index is -0.534. The van der Waals surface area contributed by atoms with E-state index >= 15 is 0 Å². The van der Waals surface area contributed by atoms with Crippen LogP contribution in [0.3, 0.4) is 0 Å². The lowest BCUT2D eigenvalue weighted by Crippen LogP contribution is -2.37. The number of nitrogens with one attached hydrogen (secondary N) is 2. The van der Waals surface area contributed by atoms with Crippen molar-refractivity contribution in [2.45, 2.75) is 44.6 Å². The van der Waals surface area contributed by atoms with Gasteiger partial charge in [0, 0.05) is 11.7 Å². The second-order valence-electron chi connectivity index (χ2n) is 5.79. The summed E-state index contributed by atoms with van der Waals surface area (Å²) in [5.41, 5.74) is 1.47. The molecule has 1 aromatic carbocycles. The molecule has 23 heavy (non-hydrogen) atoms. The molecular weight excluding hydrogens is 292 g/mol. The van der Waals surface area contributed by atoms with E-state index in [2.05, 4.69) is 17.2 Å². The van der Waals surface area contributed by atoms with Gasteiger partial charge >= 0.3 is 6.09 Å². The molecule has 2 amide bonds. The molecule has 5 heteroatoms. The van der Waals surface area contributed by atoms with Gasteiger partial charge in [-0.15, -0.1) is 0 Å². The number of hydrogen-bond acceptors (Lipinski definition) is 3. The molecule has 124 valence electrons. The number of anilines is 1. The minimum absolute atomic E-state index is 0.0308. The summed E-state index contributed by atoms with van der Waals surface area (Å²) in [6.07, 6.45) is 7.08. The van der Waals surface area contributed by atoms with Crippen LogP contribution in [0, 0.1) is 0 Å². The van der Waals surface area contributed by atoms with Gasteiger partial charge in [0.1, 0.15) is 6.61 Å². The summed E-state index contributed by atoms with van der Waals surface area (Å²) in [6, 6.07) is 7.55. The Kier molecular flexibility index (Phi) is 6.66. The van der Waals surface area contributed by atoms with Crippen LogP contribution in [-0.4, -0.2) is 24.6 Å². The van der Waals surface area contributed by atoms with Crippen LogP contribution in [0.1, 0.15) is 37.7 Å². The van der Waals surface area contributed by atoms with Gasteiger partial charge in [0.25, 0.3) is 0 Å². The molecule has 1 aromatic rings. The Bertz CT molecular complexity index is 551. The molecule has 2 rings (SSSR count). The number of carbonyl (C=O) groups excluding carboxylic acids is 2. The van der Waals surface area contributed by atoms with Crippen molar-refractivity contribution >= 4 is 17.7 Å². The minimum Gasteiger partial charge on any atom is -0.445 e. The Morgan fingerprint density at radius 3 is 2.78 bits per heavy atom. The highest BCUT2D eigenvalue weighted by Gasteiger charge is 2.15. The predicted octanol–water partition coefficient (Wildman–Crippen LogP) is 3.41. The summed E-state index contributed by atoms with van der Waals surface area (Å²) < 4.78 is 4.87. The molecule has 0 aromatic heterocycles. The van der Waals surface area contributed by atoms with E-state index in [9.17, 15) is 9.59 Å². The fourth-order valence-electron chi connectivity index (χ4n) is 2.76. The van der Waals surface area contributed by atoms with Crippen LogP contribution in [0.25, 0.3) is 0 Å². The van der Waals surface area contributed by atoms with E-state index in [1.807, 2.05) is 12.1 Å². The average Bonchev–Trinajstić information content (AvgIpc) is 2.54. The fourth-order valence-corrected chi connectivity index (χ4v) is 2.76. The van der Waals surface area contributed by atoms with E-state index < -0.39 is 6.09 Å². The van der Waals surface area contributed by atoms with Gasteiger partial charge in [0.2, 0.25) is 5.91 Å². The number of hydrogen-bond donors (Lipinski definition) is 2. The molecule has 0 heterocycles. The lowest BCUT2D eigenvalue weighted by molar-refractivity contribution is -0.121. The zero-order valence-corrected chi connectivity index (χ0v) is 13.3. The van der Waals surface area contributed by atoms with Crippen LogP contribution in [0.4, 0.5) is 10.5 Å². The highest BCUT2D eigenvalue weighted by molar-refractivity contribution is 5.85. The summed E-state index contributed by atoms with van der Waals surface area (Å²) in [7, 11) is 0. The van der Waals surface area contributed by atoms with Crippen molar-refractivity contribution in [3.63, 3.8) is 0 Å². The third-order valence-corrected chi connectivity index (χ3v) is 3.84. The first-order valence-electron chi connectivity index (χ1n) is 8.10. The van der Waals surface area contributed by atoms with Crippen molar-refractivity contribution in [3.05, 3.63) is 42.5 Å². The molecule has 0 saturated heterocycles. The molecule has 1 fully saturated rings. The third-order valence-electron chi connectivity index (χ3n) is 3.84. The first-order valence-corrected chi connectivity index (χ1v) is 8.10. The molecule has 1 aliphatic carbocycles. The molecule has 0 bridgehead atoms. The maximum absolute atomic E-state index is 12.1. The zero-order valence-electron chi connectivity index (χ0n) is 13.3. The SMILES string of the molecule is C=CCOC(=O)Nc1cccc(CC(=O)NC2CCCCC2)c1. The summed E-state index contributed by atoms with van der Waals surface area (Å²) in [6.45, 7) is 3.65. The normalized spacial score (nSPS) is 14.8. The van der Waals surface area contributed by atoms with Crippen molar-refractivity contribution in [1.82, 2.24) is 5.32 Å². The highest BCUT2D eigenvalue weighted by Crippen LogP contribution is 2.18. The molecule has 0 aliphatic heterocycles. The lowest BCUT2D eigenvalue weighted by atomic mass is 9.95. The average molecular weight is 316 g/mol. The van der Waals surface area contributed by atoms with Crippen molar-refractivity contribution in [1.29, 1.82) is 0 Å². The second-order valence-corrected chi connectivity index (χ2v) is 5.79. The second kappa shape index (κ2) is 8.98. The largest absolute Gasteiger partial charge is 0.445 e. The van der Waals surface area contributed by atoms with Crippen molar-refractivity contribution in [3.8, 4) is 0 Å². The maximum Gasteiger partial charge on any atom is 0.411 e. The van der Waals surface area contributed by atoms with Crippen LogP contribution >= 0.6 is 0 Å². The van der Waals surface area contributed by atoms with Gasteiger partial charge in [0.05, 0.1) is 6.42 Å². The molecule has 0 unspecified atom stereocenters. The molecule has 1 aliphatic rings. The Morgan fingerprint density at radius 1 is 1.26 bits per heavy atom. The van der Waals surface area contributed by atoms with E-state index in [4.69, 9.17) is 4.74 Å². The smallest absolute Gasteiger partial charge is 0.411 e. The summed E-state index contributed by atoms with van der Waals surface area (Å²) in [5.74, 6) is 0.0308. The standard InChI is InChI=1S/C18H24N2O3/c1-2-11-23-18(22)20-16-10-6-7-14(12-16)13-17(21)19-15-8-4-3-5-9-15/h2,6-7,10,12,15H,1,3-5,8-9,11,13H2,(H,19,21)(H,20,22). The Hall–Kier alpha value is -2.30. The number of carbonyl (C=O) groups is 2.